The fourth-order valence-electron chi connectivity index (χ4n) is 7.84. The molecular formula is C40H44ClN5O4S. The molecule has 11 heteroatoms. The van der Waals surface area contributed by atoms with E-state index in [1.807, 2.05) is 62.9 Å². The van der Waals surface area contributed by atoms with Crippen LogP contribution in [0.15, 0.2) is 48.5 Å². The molecule has 1 atom stereocenters. The SMILES string of the molecule is CC(=O)N1CC(N2CCC(c3nn(C4CC4)c4ccc(-c5nc6cc(C)c([C@H](OC(C)(C)C)C(=O)O)c(-c7ccc(Cl)cc7)c6s5)cc34)CC2)C1. The summed E-state index contributed by atoms with van der Waals surface area (Å²) < 4.78 is 9.38. The van der Waals surface area contributed by atoms with Gasteiger partial charge in [0.05, 0.1) is 33.1 Å². The lowest BCUT2D eigenvalue weighted by molar-refractivity contribution is -0.160. The number of thiazole rings is 1. The van der Waals surface area contributed by atoms with Gasteiger partial charge in [0.15, 0.2) is 6.10 Å². The minimum atomic E-state index is -1.17. The van der Waals surface area contributed by atoms with Gasteiger partial charge in [0, 0.05) is 59.1 Å². The number of hydrogen-bond acceptors (Lipinski definition) is 7. The number of amides is 1. The lowest BCUT2D eigenvalue weighted by atomic mass is 9.90. The van der Waals surface area contributed by atoms with E-state index >= 15 is 0 Å². The number of rotatable bonds is 8. The van der Waals surface area contributed by atoms with Crippen LogP contribution in [0, 0.1) is 6.92 Å². The van der Waals surface area contributed by atoms with Gasteiger partial charge in [-0.2, -0.15) is 5.10 Å². The highest BCUT2D eigenvalue weighted by molar-refractivity contribution is 7.22. The number of likely N-dealkylation sites (tertiary alicyclic amines) is 2. The maximum atomic E-state index is 12.8. The van der Waals surface area contributed by atoms with Crippen LogP contribution in [-0.4, -0.2) is 79.4 Å². The first-order chi connectivity index (χ1) is 24.3. The van der Waals surface area contributed by atoms with Gasteiger partial charge < -0.3 is 14.7 Å². The number of halogens is 1. The molecule has 3 aliphatic rings. The van der Waals surface area contributed by atoms with Crippen molar-refractivity contribution in [2.24, 2.45) is 0 Å². The summed E-state index contributed by atoms with van der Waals surface area (Å²) in [4.78, 5) is 34.2. The van der Waals surface area contributed by atoms with Gasteiger partial charge in [-0.1, -0.05) is 23.7 Å². The topological polar surface area (TPSA) is 101 Å². The minimum Gasteiger partial charge on any atom is -0.479 e. The van der Waals surface area contributed by atoms with Gasteiger partial charge in [-0.05, 0) is 114 Å². The Morgan fingerprint density at radius 2 is 1.67 bits per heavy atom. The molecule has 2 aliphatic heterocycles. The Balaban J connectivity index is 1.19. The number of ether oxygens (including phenoxy) is 1. The van der Waals surface area contributed by atoms with Gasteiger partial charge in [0.2, 0.25) is 5.91 Å². The number of nitrogens with zero attached hydrogens (tertiary/aromatic N) is 5. The number of aryl methyl sites for hydroxylation is 1. The standard InChI is InChI=1S/C40H44ClN5O4S/c1-22-18-31-37(34(24-6-9-27(41)10-7-24)33(22)36(39(48)49)50-40(3,4)5)51-38(42-31)26-8-13-32-30(19-26)35(43-46(32)28-11-12-28)25-14-16-44(17-15-25)29-20-45(21-29)23(2)47/h6-10,13,18-19,25,28-29,36H,11-12,14-17,20-21H2,1-5H3,(H,48,49)/t36-/m0/s1. The molecule has 5 aromatic rings. The van der Waals surface area contributed by atoms with Crippen LogP contribution in [0.2, 0.25) is 5.02 Å². The molecule has 3 aromatic carbocycles. The molecule has 1 saturated carbocycles. The number of aromatic nitrogens is 3. The van der Waals surface area contributed by atoms with E-state index in [1.165, 1.54) is 16.6 Å². The quantitative estimate of drug-likeness (QED) is 0.171. The van der Waals surface area contributed by atoms with E-state index in [0.717, 1.165) is 89.3 Å². The van der Waals surface area contributed by atoms with Crippen molar-refractivity contribution in [3.05, 3.63) is 70.4 Å². The molecule has 0 unspecified atom stereocenters. The van der Waals surface area contributed by atoms with E-state index in [0.29, 0.717) is 28.6 Å². The number of hydrogen-bond donors (Lipinski definition) is 1. The fraction of sp³-hybridized carbons (Fsp3) is 0.450. The van der Waals surface area contributed by atoms with Crippen LogP contribution in [-0.2, 0) is 14.3 Å². The fourth-order valence-corrected chi connectivity index (χ4v) is 9.09. The Bertz CT molecular complexity index is 2150. The second-order valence-electron chi connectivity index (χ2n) is 15.5. The van der Waals surface area contributed by atoms with Crippen molar-refractivity contribution < 1.29 is 19.4 Å². The average molecular weight is 726 g/mol. The molecule has 1 amide bonds. The van der Waals surface area contributed by atoms with Crippen LogP contribution < -0.4 is 0 Å². The molecule has 0 bridgehead atoms. The van der Waals surface area contributed by atoms with E-state index in [1.54, 1.807) is 18.3 Å². The minimum absolute atomic E-state index is 0.165. The molecule has 8 rings (SSSR count). The van der Waals surface area contributed by atoms with Crippen molar-refractivity contribution in [3.8, 4) is 21.7 Å². The molecule has 0 spiro atoms. The number of carbonyl (C=O) groups excluding carboxylic acids is 1. The van der Waals surface area contributed by atoms with Gasteiger partial charge in [0.25, 0.3) is 0 Å². The van der Waals surface area contributed by atoms with Gasteiger partial charge >= 0.3 is 5.97 Å². The highest BCUT2D eigenvalue weighted by Gasteiger charge is 2.37. The third-order valence-electron chi connectivity index (χ3n) is 10.6. The summed E-state index contributed by atoms with van der Waals surface area (Å²) in [7, 11) is 0. The van der Waals surface area contributed by atoms with E-state index in [4.69, 9.17) is 26.4 Å². The van der Waals surface area contributed by atoms with E-state index in [2.05, 4.69) is 27.8 Å². The zero-order chi connectivity index (χ0) is 35.8. The van der Waals surface area contributed by atoms with Crippen LogP contribution in [0.4, 0.5) is 0 Å². The van der Waals surface area contributed by atoms with Gasteiger partial charge in [0.1, 0.15) is 5.01 Å². The Morgan fingerprint density at radius 1 is 0.980 bits per heavy atom. The van der Waals surface area contributed by atoms with Crippen molar-refractivity contribution in [3.63, 3.8) is 0 Å². The van der Waals surface area contributed by atoms with Crippen molar-refractivity contribution in [1.29, 1.82) is 0 Å². The highest BCUT2D eigenvalue weighted by Crippen LogP contribution is 2.46. The molecule has 3 fully saturated rings. The summed E-state index contributed by atoms with van der Waals surface area (Å²) in [5, 5.41) is 18.4. The number of aliphatic carboxylic acids is 1. The van der Waals surface area contributed by atoms with Crippen LogP contribution in [0.25, 0.3) is 42.8 Å². The van der Waals surface area contributed by atoms with Crippen LogP contribution in [0.1, 0.15) is 88.3 Å². The average Bonchev–Trinajstić information content (AvgIpc) is 3.70. The second-order valence-corrected chi connectivity index (χ2v) is 16.9. The summed E-state index contributed by atoms with van der Waals surface area (Å²) in [5.41, 5.74) is 6.66. The Hall–Kier alpha value is -3.83. The maximum absolute atomic E-state index is 12.8. The van der Waals surface area contributed by atoms with Gasteiger partial charge in [-0.3, -0.25) is 14.4 Å². The number of carboxylic acids is 1. The van der Waals surface area contributed by atoms with Crippen molar-refractivity contribution in [1.82, 2.24) is 24.6 Å². The molecule has 0 radical (unpaired) electrons. The highest BCUT2D eigenvalue weighted by atomic mass is 35.5. The number of fused-ring (bicyclic) bond motifs is 2. The predicted molar refractivity (Wildman–Crippen MR) is 203 cm³/mol. The van der Waals surface area contributed by atoms with Crippen LogP contribution >= 0.6 is 22.9 Å². The predicted octanol–water partition coefficient (Wildman–Crippen LogP) is 8.63. The molecule has 2 saturated heterocycles. The number of benzene rings is 3. The molecule has 51 heavy (non-hydrogen) atoms. The Kier molecular flexibility index (Phi) is 8.73. The van der Waals surface area contributed by atoms with Crippen molar-refractivity contribution >= 4 is 55.9 Å². The van der Waals surface area contributed by atoms with E-state index in [-0.39, 0.29) is 5.91 Å². The molecular weight excluding hydrogens is 682 g/mol. The lowest BCUT2D eigenvalue weighted by Gasteiger charge is -2.47. The first kappa shape index (κ1) is 34.3. The van der Waals surface area contributed by atoms with Crippen LogP contribution in [0.3, 0.4) is 0 Å². The molecule has 2 aromatic heterocycles. The number of carboxylic acid groups (broad SMARTS) is 1. The number of carbonyl (C=O) groups is 2. The summed E-state index contributed by atoms with van der Waals surface area (Å²) in [6.45, 7) is 12.9. The van der Waals surface area contributed by atoms with Crippen molar-refractivity contribution in [2.45, 2.75) is 90.0 Å². The first-order valence-electron chi connectivity index (χ1n) is 18.0. The molecule has 1 aliphatic carbocycles. The van der Waals surface area contributed by atoms with Crippen LogP contribution in [0.5, 0.6) is 0 Å². The summed E-state index contributed by atoms with van der Waals surface area (Å²) >= 11 is 7.89. The third-order valence-corrected chi connectivity index (χ3v) is 12.0. The summed E-state index contributed by atoms with van der Waals surface area (Å²) in [6.07, 6.45) is 3.25. The maximum Gasteiger partial charge on any atom is 0.337 e. The molecule has 4 heterocycles. The summed E-state index contributed by atoms with van der Waals surface area (Å²) in [6, 6.07) is 17.1. The smallest absolute Gasteiger partial charge is 0.337 e. The first-order valence-corrected chi connectivity index (χ1v) is 19.2. The second kappa shape index (κ2) is 13.0. The Morgan fingerprint density at radius 3 is 2.29 bits per heavy atom. The Labute approximate surface area is 307 Å². The molecule has 9 nitrogen and oxygen atoms in total. The zero-order valence-electron chi connectivity index (χ0n) is 29.8. The molecule has 1 N–H and O–H groups in total. The van der Waals surface area contributed by atoms with Gasteiger partial charge in [-0.15, -0.1) is 11.3 Å². The largest absolute Gasteiger partial charge is 0.479 e. The van der Waals surface area contributed by atoms with E-state index in [9.17, 15) is 14.7 Å². The van der Waals surface area contributed by atoms with Gasteiger partial charge in [-0.25, -0.2) is 9.78 Å². The number of piperidine rings is 1. The monoisotopic (exact) mass is 725 g/mol. The third kappa shape index (κ3) is 6.56. The summed E-state index contributed by atoms with van der Waals surface area (Å²) in [5.74, 6) is -0.497. The lowest BCUT2D eigenvalue weighted by Crippen LogP contribution is -2.61. The zero-order valence-corrected chi connectivity index (χ0v) is 31.4. The normalized spacial score (nSPS) is 18.4. The van der Waals surface area contributed by atoms with E-state index < -0.39 is 17.7 Å². The molecule has 266 valence electrons. The van der Waals surface area contributed by atoms with Crippen molar-refractivity contribution in [2.75, 3.05) is 26.2 Å².